The fourth-order valence-corrected chi connectivity index (χ4v) is 1.81. The predicted molar refractivity (Wildman–Crippen MR) is 66.9 cm³/mol. The van der Waals surface area contributed by atoms with Gasteiger partial charge in [0.25, 0.3) is 0 Å². The van der Waals surface area contributed by atoms with Crippen LogP contribution >= 0.6 is 0 Å². The van der Waals surface area contributed by atoms with Gasteiger partial charge in [0.2, 0.25) is 12.3 Å². The fourth-order valence-electron chi connectivity index (χ4n) is 1.81. The van der Waals surface area contributed by atoms with Crippen molar-refractivity contribution in [2.75, 3.05) is 14.1 Å². The molecular formula is C12H22N2O4. The van der Waals surface area contributed by atoms with Crippen LogP contribution in [0.4, 0.5) is 0 Å². The maximum absolute atomic E-state index is 12.2. The van der Waals surface area contributed by atoms with Crippen molar-refractivity contribution in [3.63, 3.8) is 0 Å². The van der Waals surface area contributed by atoms with E-state index in [9.17, 15) is 14.4 Å². The Hall–Kier alpha value is -1.59. The quantitative estimate of drug-likeness (QED) is 0.671. The Labute approximate surface area is 108 Å². The van der Waals surface area contributed by atoms with E-state index in [1.165, 1.54) is 9.80 Å². The van der Waals surface area contributed by atoms with E-state index in [1.807, 2.05) is 13.8 Å². The molecule has 6 nitrogen and oxygen atoms in total. The minimum absolute atomic E-state index is 0.0350. The molecule has 0 fully saturated rings. The second-order valence-corrected chi connectivity index (χ2v) is 4.86. The van der Waals surface area contributed by atoms with Crippen molar-refractivity contribution >= 4 is 18.3 Å². The molecule has 0 radical (unpaired) electrons. The summed E-state index contributed by atoms with van der Waals surface area (Å²) < 4.78 is 0. The number of carboxylic acid groups (broad SMARTS) is 1. The normalized spacial score (nSPS) is 13.9. The number of carbonyl (C=O) groups excluding carboxylic acids is 2. The van der Waals surface area contributed by atoms with Crippen LogP contribution in [0.15, 0.2) is 0 Å². The smallest absolute Gasteiger partial charge is 0.305 e. The lowest BCUT2D eigenvalue weighted by Crippen LogP contribution is -2.51. The van der Waals surface area contributed by atoms with Crippen molar-refractivity contribution in [3.8, 4) is 0 Å². The van der Waals surface area contributed by atoms with Crippen LogP contribution in [-0.4, -0.2) is 59.4 Å². The number of hydrogen-bond donors (Lipinski definition) is 1. The molecule has 0 spiro atoms. The Morgan fingerprint density at radius 2 is 1.72 bits per heavy atom. The summed E-state index contributed by atoms with van der Waals surface area (Å²) in [5, 5.41) is 8.71. The number of likely N-dealkylation sites (N-methyl/N-ethyl adjacent to an activating group) is 2. The molecule has 0 aromatic rings. The number of aliphatic carboxylic acids is 1. The van der Waals surface area contributed by atoms with Gasteiger partial charge >= 0.3 is 5.97 Å². The molecule has 2 atom stereocenters. The third-order valence-corrected chi connectivity index (χ3v) is 2.97. The molecule has 0 aliphatic heterocycles. The summed E-state index contributed by atoms with van der Waals surface area (Å²) in [6.45, 7) is 5.36. The second-order valence-electron chi connectivity index (χ2n) is 4.86. The topological polar surface area (TPSA) is 77.9 Å². The third kappa shape index (κ3) is 4.35. The summed E-state index contributed by atoms with van der Waals surface area (Å²) in [6, 6.07) is -0.972. The molecule has 2 amide bonds. The zero-order valence-corrected chi connectivity index (χ0v) is 11.6. The van der Waals surface area contributed by atoms with Gasteiger partial charge in [-0.1, -0.05) is 13.8 Å². The highest BCUT2D eigenvalue weighted by Crippen LogP contribution is 2.13. The SMILES string of the molecule is CC(C)C(C(=O)N(C)[C@H](C)CC(=O)O)N(C)C=O. The lowest BCUT2D eigenvalue weighted by Gasteiger charge is -2.33. The van der Waals surface area contributed by atoms with Gasteiger partial charge in [-0.25, -0.2) is 0 Å². The fraction of sp³-hybridized carbons (Fsp3) is 0.750. The van der Waals surface area contributed by atoms with Crippen molar-refractivity contribution in [2.45, 2.75) is 39.3 Å². The molecule has 1 unspecified atom stereocenters. The van der Waals surface area contributed by atoms with E-state index in [4.69, 9.17) is 5.11 Å². The highest BCUT2D eigenvalue weighted by Gasteiger charge is 2.30. The number of rotatable bonds is 7. The van der Waals surface area contributed by atoms with E-state index in [1.54, 1.807) is 21.0 Å². The number of amides is 2. The van der Waals surface area contributed by atoms with Crippen molar-refractivity contribution in [1.82, 2.24) is 9.80 Å². The van der Waals surface area contributed by atoms with Crippen LogP contribution < -0.4 is 0 Å². The molecule has 0 aliphatic rings. The van der Waals surface area contributed by atoms with Crippen LogP contribution in [0.5, 0.6) is 0 Å². The first-order valence-electron chi connectivity index (χ1n) is 5.88. The van der Waals surface area contributed by atoms with Crippen molar-refractivity contribution in [1.29, 1.82) is 0 Å². The van der Waals surface area contributed by atoms with E-state index in [-0.39, 0.29) is 18.2 Å². The van der Waals surface area contributed by atoms with Gasteiger partial charge in [-0.2, -0.15) is 0 Å². The Morgan fingerprint density at radius 3 is 2.06 bits per heavy atom. The summed E-state index contributed by atoms with van der Waals surface area (Å²) in [7, 11) is 3.11. The Balaban J connectivity index is 4.86. The molecule has 0 aromatic heterocycles. The lowest BCUT2D eigenvalue weighted by atomic mass is 10.0. The predicted octanol–water partition coefficient (Wildman–Crippen LogP) is 0.421. The second kappa shape index (κ2) is 6.98. The molecule has 18 heavy (non-hydrogen) atoms. The molecule has 0 saturated heterocycles. The molecule has 1 N–H and O–H groups in total. The highest BCUT2D eigenvalue weighted by atomic mass is 16.4. The first kappa shape index (κ1) is 16.4. The summed E-state index contributed by atoms with van der Waals surface area (Å²) in [4.78, 5) is 36.4. The number of carboxylic acids is 1. The first-order chi connectivity index (χ1) is 8.22. The monoisotopic (exact) mass is 258 g/mol. The summed E-state index contributed by atoms with van der Waals surface area (Å²) in [6.07, 6.45) is 0.496. The van der Waals surface area contributed by atoms with Crippen LogP contribution in [0.3, 0.4) is 0 Å². The van der Waals surface area contributed by atoms with Gasteiger partial charge in [0.15, 0.2) is 0 Å². The highest BCUT2D eigenvalue weighted by molar-refractivity contribution is 5.84. The molecule has 0 bridgehead atoms. The molecule has 0 aromatic carbocycles. The van der Waals surface area contributed by atoms with E-state index >= 15 is 0 Å². The van der Waals surface area contributed by atoms with E-state index in [0.29, 0.717) is 6.41 Å². The summed E-state index contributed by atoms with van der Waals surface area (Å²) in [5.74, 6) is -1.23. The van der Waals surface area contributed by atoms with Crippen LogP contribution in [0, 0.1) is 5.92 Å². The van der Waals surface area contributed by atoms with Gasteiger partial charge in [-0.15, -0.1) is 0 Å². The maximum atomic E-state index is 12.2. The minimum Gasteiger partial charge on any atom is -0.481 e. The van der Waals surface area contributed by atoms with Crippen LogP contribution in [0.25, 0.3) is 0 Å². The first-order valence-corrected chi connectivity index (χ1v) is 5.88. The molecule has 0 aliphatic carbocycles. The standard InChI is InChI=1S/C12H22N2O4/c1-8(2)11(13(4)7-15)12(18)14(5)9(3)6-10(16)17/h7-9,11H,6H2,1-5H3,(H,16,17)/t9-,11?/m1/s1. The molecule has 0 heterocycles. The van der Waals surface area contributed by atoms with Gasteiger partial charge in [0.05, 0.1) is 6.42 Å². The Morgan fingerprint density at radius 1 is 1.22 bits per heavy atom. The van der Waals surface area contributed by atoms with E-state index in [2.05, 4.69) is 0 Å². The number of hydrogen-bond acceptors (Lipinski definition) is 3. The van der Waals surface area contributed by atoms with Gasteiger partial charge in [0, 0.05) is 20.1 Å². The summed E-state index contributed by atoms with van der Waals surface area (Å²) in [5.41, 5.74) is 0. The van der Waals surface area contributed by atoms with Gasteiger partial charge in [-0.05, 0) is 12.8 Å². The molecule has 6 heteroatoms. The van der Waals surface area contributed by atoms with Crippen molar-refractivity contribution in [3.05, 3.63) is 0 Å². The third-order valence-electron chi connectivity index (χ3n) is 2.97. The zero-order chi connectivity index (χ0) is 14.5. The summed E-state index contributed by atoms with van der Waals surface area (Å²) >= 11 is 0. The van der Waals surface area contributed by atoms with Crippen LogP contribution in [-0.2, 0) is 14.4 Å². The lowest BCUT2D eigenvalue weighted by molar-refractivity contribution is -0.144. The van der Waals surface area contributed by atoms with E-state index in [0.717, 1.165) is 0 Å². The van der Waals surface area contributed by atoms with Crippen molar-refractivity contribution in [2.24, 2.45) is 5.92 Å². The molecule has 0 saturated carbocycles. The average Bonchev–Trinajstić information content (AvgIpc) is 2.26. The number of carbonyl (C=O) groups is 3. The Bertz CT molecular complexity index is 317. The minimum atomic E-state index is -0.952. The average molecular weight is 258 g/mol. The maximum Gasteiger partial charge on any atom is 0.305 e. The largest absolute Gasteiger partial charge is 0.481 e. The van der Waals surface area contributed by atoms with Crippen LogP contribution in [0.1, 0.15) is 27.2 Å². The molecular weight excluding hydrogens is 236 g/mol. The number of nitrogens with zero attached hydrogens (tertiary/aromatic N) is 2. The van der Waals surface area contributed by atoms with Gasteiger partial charge in [0.1, 0.15) is 6.04 Å². The van der Waals surface area contributed by atoms with E-state index < -0.39 is 18.1 Å². The van der Waals surface area contributed by atoms with Gasteiger partial charge < -0.3 is 14.9 Å². The zero-order valence-electron chi connectivity index (χ0n) is 11.6. The van der Waals surface area contributed by atoms with Crippen LogP contribution in [0.2, 0.25) is 0 Å². The van der Waals surface area contributed by atoms with Gasteiger partial charge in [-0.3, -0.25) is 14.4 Å². The molecule has 104 valence electrons. The molecule has 0 rings (SSSR count). The van der Waals surface area contributed by atoms with Crippen molar-refractivity contribution < 1.29 is 19.5 Å². The Kier molecular flexibility index (Phi) is 6.36.